The first-order valence-corrected chi connectivity index (χ1v) is 14.5. The highest BCUT2D eigenvalue weighted by Gasteiger charge is 2.49. The molecule has 1 spiro atoms. The molecule has 6 atom stereocenters. The van der Waals surface area contributed by atoms with Gasteiger partial charge >= 0.3 is 0 Å². The van der Waals surface area contributed by atoms with E-state index < -0.39 is 65.7 Å². The van der Waals surface area contributed by atoms with Crippen molar-refractivity contribution >= 4 is 23.6 Å². The number of aliphatic hydroxyl groups excluding tert-OH is 3. The molecule has 5 rings (SSSR count). The van der Waals surface area contributed by atoms with Gasteiger partial charge in [0.2, 0.25) is 17.7 Å². The smallest absolute Gasteiger partial charge is 0.252 e. The zero-order chi connectivity index (χ0) is 31.4. The molecule has 44 heavy (non-hydrogen) atoms. The van der Waals surface area contributed by atoms with Crippen molar-refractivity contribution in [2.24, 2.45) is 5.73 Å². The van der Waals surface area contributed by atoms with Crippen molar-refractivity contribution in [3.8, 4) is 0 Å². The third-order valence-corrected chi connectivity index (χ3v) is 8.37. The number of rotatable bonds is 6. The number of carbonyl (C=O) groups is 4. The van der Waals surface area contributed by atoms with Crippen LogP contribution in [0.25, 0.3) is 0 Å². The van der Waals surface area contributed by atoms with E-state index in [-0.39, 0.29) is 25.9 Å². The van der Waals surface area contributed by atoms with E-state index in [1.807, 2.05) is 30.3 Å². The van der Waals surface area contributed by atoms with E-state index in [1.165, 1.54) is 10.9 Å². The van der Waals surface area contributed by atoms with Gasteiger partial charge in [-0.3, -0.25) is 24.1 Å². The number of hydrogen-bond acceptors (Lipinski definition) is 11. The number of primary amides is 1. The van der Waals surface area contributed by atoms with Crippen LogP contribution in [0, 0.1) is 0 Å². The summed E-state index contributed by atoms with van der Waals surface area (Å²) in [7, 11) is 0. The normalized spacial score (nSPS) is 29.8. The highest BCUT2D eigenvalue weighted by molar-refractivity contribution is 5.89. The van der Waals surface area contributed by atoms with E-state index >= 15 is 0 Å². The highest BCUT2D eigenvalue weighted by Crippen LogP contribution is 2.29. The number of likely N-dealkylation sites (tertiary alicyclic amines) is 1. The lowest BCUT2D eigenvalue weighted by Crippen LogP contribution is -2.66. The zero-order valence-electron chi connectivity index (χ0n) is 24.0. The lowest BCUT2D eigenvalue weighted by molar-refractivity contribution is -0.220. The van der Waals surface area contributed by atoms with E-state index in [0.717, 1.165) is 5.56 Å². The summed E-state index contributed by atoms with van der Waals surface area (Å²) in [5.41, 5.74) is 5.60. The monoisotopic (exact) mass is 614 g/mol. The SMILES string of the molecule is NC(=O)Cn1cc(C[C@H]2NC(=O)CC3(CCN(Cc4ccccc4)CC3)NC(=O)[C@H]3O[C@@H](CNC2=O)[C@H](O)[C@@H](O)[C@H]3O)nn1. The fourth-order valence-electron chi connectivity index (χ4n) is 5.96. The summed E-state index contributed by atoms with van der Waals surface area (Å²) >= 11 is 0. The van der Waals surface area contributed by atoms with Crippen LogP contribution >= 0.6 is 0 Å². The maximum Gasteiger partial charge on any atom is 0.252 e. The summed E-state index contributed by atoms with van der Waals surface area (Å²) in [6.07, 6.45) is -5.88. The number of hydrogen-bond donors (Lipinski definition) is 7. The molecule has 3 fully saturated rings. The zero-order valence-corrected chi connectivity index (χ0v) is 24.0. The van der Waals surface area contributed by atoms with Crippen LogP contribution in [0.5, 0.6) is 0 Å². The molecule has 3 saturated heterocycles. The molecular formula is C28H38N8O8. The molecule has 0 aliphatic carbocycles. The molecule has 3 aliphatic heterocycles. The topological polar surface area (TPSA) is 234 Å². The Morgan fingerprint density at radius 3 is 2.48 bits per heavy atom. The molecule has 2 aromatic rings. The maximum absolute atomic E-state index is 13.5. The fraction of sp³-hybridized carbons (Fsp3) is 0.571. The molecule has 3 aliphatic rings. The molecule has 16 nitrogen and oxygen atoms in total. The Morgan fingerprint density at radius 2 is 1.77 bits per heavy atom. The quantitative estimate of drug-likeness (QED) is 0.167. The second kappa shape index (κ2) is 13.4. The number of fused-ring (bicyclic) bond motifs is 2. The van der Waals surface area contributed by atoms with Gasteiger partial charge < -0.3 is 41.7 Å². The summed E-state index contributed by atoms with van der Waals surface area (Å²) in [5.74, 6) is -2.50. The van der Waals surface area contributed by atoms with Gasteiger partial charge in [0.1, 0.15) is 37.0 Å². The second-order valence-corrected chi connectivity index (χ2v) is 11.7. The van der Waals surface area contributed by atoms with Crippen LogP contribution in [0.4, 0.5) is 0 Å². The van der Waals surface area contributed by atoms with E-state index in [4.69, 9.17) is 10.5 Å². The molecule has 1 aromatic heterocycles. The first-order chi connectivity index (χ1) is 21.0. The number of amides is 4. The number of carbonyl (C=O) groups excluding carboxylic acids is 4. The first kappa shape index (κ1) is 31.5. The average Bonchev–Trinajstić information content (AvgIpc) is 3.42. The minimum atomic E-state index is -1.73. The number of aliphatic hydroxyl groups is 3. The number of benzene rings is 1. The lowest BCUT2D eigenvalue weighted by Gasteiger charge is -2.44. The van der Waals surface area contributed by atoms with Crippen LogP contribution in [-0.2, 0) is 43.4 Å². The molecule has 16 heteroatoms. The first-order valence-electron chi connectivity index (χ1n) is 14.5. The molecule has 8 N–H and O–H groups in total. The van der Waals surface area contributed by atoms with Crippen molar-refractivity contribution in [2.45, 2.75) is 80.9 Å². The van der Waals surface area contributed by atoms with Crippen molar-refractivity contribution in [1.82, 2.24) is 35.8 Å². The summed E-state index contributed by atoms with van der Waals surface area (Å²) in [6.45, 7) is 1.24. The molecule has 2 bridgehead atoms. The van der Waals surface area contributed by atoms with Gasteiger partial charge in [-0.2, -0.15) is 0 Å². The van der Waals surface area contributed by atoms with Gasteiger partial charge in [0.25, 0.3) is 5.91 Å². The number of nitrogens with two attached hydrogens (primary N) is 1. The molecular weight excluding hydrogens is 576 g/mol. The van der Waals surface area contributed by atoms with Gasteiger partial charge in [-0.05, 0) is 18.4 Å². The number of nitrogens with one attached hydrogen (secondary N) is 3. The Labute approximate surface area is 252 Å². The standard InChI is InChI=1S/C28H38N8O8/c29-20(37)15-36-14-17(33-34-36)10-18-26(42)30-12-19-22(39)23(40)24(41)25(44-19)27(43)32-28(11-21(38)31-18)6-8-35(9-7-28)13-16-4-2-1-3-5-16/h1-5,14,18-19,22-25,39-41H,6-13,15H2,(H2,29,37)(H,30,42)(H,31,38)(H,32,43)/t18-,19+,22+,23-,24-,25+/m1/s1. The molecule has 238 valence electrons. The molecule has 4 amide bonds. The van der Waals surface area contributed by atoms with Crippen LogP contribution < -0.4 is 21.7 Å². The Kier molecular flexibility index (Phi) is 9.55. The van der Waals surface area contributed by atoms with Crippen molar-refractivity contribution in [1.29, 1.82) is 0 Å². The molecule has 0 radical (unpaired) electrons. The van der Waals surface area contributed by atoms with Gasteiger partial charge in [0, 0.05) is 45.2 Å². The predicted molar refractivity (Wildman–Crippen MR) is 151 cm³/mol. The highest BCUT2D eigenvalue weighted by atomic mass is 16.5. The van der Waals surface area contributed by atoms with Crippen molar-refractivity contribution in [3.05, 3.63) is 47.8 Å². The van der Waals surface area contributed by atoms with Crippen LogP contribution in [0.2, 0.25) is 0 Å². The molecule has 4 heterocycles. The van der Waals surface area contributed by atoms with Gasteiger partial charge in [-0.15, -0.1) is 5.10 Å². The van der Waals surface area contributed by atoms with Crippen LogP contribution in [0.3, 0.4) is 0 Å². The van der Waals surface area contributed by atoms with E-state index in [2.05, 4.69) is 31.2 Å². The fourth-order valence-corrected chi connectivity index (χ4v) is 5.96. The Bertz CT molecular complexity index is 1350. The van der Waals surface area contributed by atoms with E-state index in [9.17, 15) is 34.5 Å². The summed E-state index contributed by atoms with van der Waals surface area (Å²) in [6, 6.07) is 8.76. The van der Waals surface area contributed by atoms with E-state index in [1.54, 1.807) is 0 Å². The Balaban J connectivity index is 1.38. The van der Waals surface area contributed by atoms with Gasteiger partial charge in [0.05, 0.1) is 11.2 Å². The number of ether oxygens (including phenoxy) is 1. The third kappa shape index (κ3) is 7.39. The summed E-state index contributed by atoms with van der Waals surface area (Å²) < 4.78 is 6.95. The summed E-state index contributed by atoms with van der Waals surface area (Å²) in [4.78, 5) is 53.8. The van der Waals surface area contributed by atoms with Gasteiger partial charge in [0.15, 0.2) is 6.10 Å². The summed E-state index contributed by atoms with van der Waals surface area (Å²) in [5, 5.41) is 47.8. The van der Waals surface area contributed by atoms with Gasteiger partial charge in [-0.25, -0.2) is 4.68 Å². The molecule has 1 aromatic carbocycles. The Hall–Kier alpha value is -3.96. The van der Waals surface area contributed by atoms with Crippen LogP contribution in [-0.4, -0.2) is 121 Å². The van der Waals surface area contributed by atoms with Crippen molar-refractivity contribution in [3.63, 3.8) is 0 Å². The number of piperidine rings is 1. The van der Waals surface area contributed by atoms with Gasteiger partial charge in [-0.1, -0.05) is 35.5 Å². The van der Waals surface area contributed by atoms with Crippen LogP contribution in [0.15, 0.2) is 36.5 Å². The minimum Gasteiger partial charge on any atom is -0.388 e. The van der Waals surface area contributed by atoms with E-state index in [0.29, 0.717) is 38.2 Å². The molecule has 0 saturated carbocycles. The number of nitrogens with zero attached hydrogens (tertiary/aromatic N) is 4. The third-order valence-electron chi connectivity index (χ3n) is 8.37. The largest absolute Gasteiger partial charge is 0.388 e. The number of aromatic nitrogens is 3. The van der Waals surface area contributed by atoms with Crippen molar-refractivity contribution in [2.75, 3.05) is 19.6 Å². The predicted octanol–water partition coefficient (Wildman–Crippen LogP) is -3.69. The lowest BCUT2D eigenvalue weighted by atomic mass is 9.83. The molecule has 0 unspecified atom stereocenters. The second-order valence-electron chi connectivity index (χ2n) is 11.7. The van der Waals surface area contributed by atoms with Crippen LogP contribution in [0.1, 0.15) is 30.5 Å². The Morgan fingerprint density at radius 1 is 1.05 bits per heavy atom. The average molecular weight is 615 g/mol. The van der Waals surface area contributed by atoms with Crippen molar-refractivity contribution < 1.29 is 39.2 Å². The maximum atomic E-state index is 13.5. The minimum absolute atomic E-state index is 0.0847.